The Kier molecular flexibility index (Phi) is 3.94. The van der Waals surface area contributed by atoms with Crippen molar-refractivity contribution in [2.24, 2.45) is 0 Å². The van der Waals surface area contributed by atoms with Crippen LogP contribution in [0, 0.1) is 0 Å². The van der Waals surface area contributed by atoms with Crippen molar-refractivity contribution in [2.45, 2.75) is 39.0 Å². The van der Waals surface area contributed by atoms with Gasteiger partial charge in [-0.25, -0.2) is 0 Å². The molecule has 92 valence electrons. The summed E-state index contributed by atoms with van der Waals surface area (Å²) in [6.07, 6.45) is 3.89. The first-order chi connectivity index (χ1) is 8.18. The number of carbonyl (C=O) groups is 2. The second-order valence-electron chi connectivity index (χ2n) is 4.43. The maximum Gasteiger partial charge on any atom is 0.227 e. The Morgan fingerprint density at radius 2 is 2.29 bits per heavy atom. The van der Waals surface area contributed by atoms with E-state index in [0.29, 0.717) is 19.4 Å². The van der Waals surface area contributed by atoms with E-state index in [4.69, 9.17) is 0 Å². The first-order valence-electron chi connectivity index (χ1n) is 6.04. The molecule has 0 aromatic carbocycles. The van der Waals surface area contributed by atoms with Gasteiger partial charge in [-0.2, -0.15) is 0 Å². The number of thiophene rings is 1. The van der Waals surface area contributed by atoms with Gasteiger partial charge in [0.25, 0.3) is 0 Å². The van der Waals surface area contributed by atoms with Crippen LogP contribution in [0.3, 0.4) is 0 Å². The van der Waals surface area contributed by atoms with E-state index < -0.39 is 0 Å². The van der Waals surface area contributed by atoms with Crippen molar-refractivity contribution >= 4 is 28.7 Å². The fraction of sp³-hybridized carbons (Fsp3) is 0.538. The minimum Gasteiger partial charge on any atom is -0.311 e. The summed E-state index contributed by atoms with van der Waals surface area (Å²) in [6, 6.07) is 2.02. The van der Waals surface area contributed by atoms with Crippen LogP contribution < -0.4 is 4.90 Å². The van der Waals surface area contributed by atoms with Crippen LogP contribution in [-0.2, 0) is 16.0 Å². The number of aryl methyl sites for hydroxylation is 1. The number of Topliss-reactive ketones (excluding diaryl/α,β-unsaturated/α-hetero) is 1. The third-order valence-corrected chi connectivity index (χ3v) is 3.99. The minimum absolute atomic E-state index is 0.192. The fourth-order valence-corrected chi connectivity index (χ4v) is 3.08. The topological polar surface area (TPSA) is 37.4 Å². The summed E-state index contributed by atoms with van der Waals surface area (Å²) < 4.78 is 0. The maximum absolute atomic E-state index is 12.0. The second-order valence-corrected chi connectivity index (χ2v) is 5.43. The maximum atomic E-state index is 12.0. The van der Waals surface area contributed by atoms with Crippen molar-refractivity contribution in [1.82, 2.24) is 0 Å². The average molecular weight is 251 g/mol. The quantitative estimate of drug-likeness (QED) is 0.825. The van der Waals surface area contributed by atoms with Gasteiger partial charge in [-0.3, -0.25) is 4.79 Å². The SMILES string of the molecule is CC(=O)CCCN1C(=O)CCCc2sccc21. The standard InChI is InChI=1S/C13H17NO2S/c1-10(15)4-3-8-14-11-7-9-17-12(11)5-2-6-13(14)16/h7,9H,2-6,8H2,1H3. The molecular weight excluding hydrogens is 234 g/mol. The van der Waals surface area contributed by atoms with Crippen molar-refractivity contribution in [3.05, 3.63) is 16.3 Å². The molecule has 2 heterocycles. The van der Waals surface area contributed by atoms with E-state index in [-0.39, 0.29) is 11.7 Å². The summed E-state index contributed by atoms with van der Waals surface area (Å²) in [5.41, 5.74) is 1.07. The molecule has 1 aliphatic heterocycles. The monoisotopic (exact) mass is 251 g/mol. The number of hydrogen-bond donors (Lipinski definition) is 0. The smallest absolute Gasteiger partial charge is 0.227 e. The van der Waals surface area contributed by atoms with Gasteiger partial charge in [0.1, 0.15) is 5.78 Å². The van der Waals surface area contributed by atoms with Crippen molar-refractivity contribution in [3.63, 3.8) is 0 Å². The molecule has 0 unspecified atom stereocenters. The number of ketones is 1. The van der Waals surface area contributed by atoms with E-state index in [9.17, 15) is 9.59 Å². The van der Waals surface area contributed by atoms with Crippen LogP contribution in [0.15, 0.2) is 11.4 Å². The molecule has 0 radical (unpaired) electrons. The number of nitrogens with zero attached hydrogens (tertiary/aromatic N) is 1. The van der Waals surface area contributed by atoms with Crippen molar-refractivity contribution in [1.29, 1.82) is 0 Å². The van der Waals surface area contributed by atoms with Crippen molar-refractivity contribution in [3.8, 4) is 0 Å². The number of carbonyl (C=O) groups excluding carboxylic acids is 2. The lowest BCUT2D eigenvalue weighted by Crippen LogP contribution is -2.31. The van der Waals surface area contributed by atoms with Gasteiger partial charge in [0.2, 0.25) is 5.91 Å². The summed E-state index contributed by atoms with van der Waals surface area (Å²) in [5.74, 6) is 0.392. The van der Waals surface area contributed by atoms with Gasteiger partial charge in [-0.1, -0.05) is 0 Å². The average Bonchev–Trinajstić information content (AvgIpc) is 2.67. The third-order valence-electron chi connectivity index (χ3n) is 3.02. The third kappa shape index (κ3) is 2.94. The summed E-state index contributed by atoms with van der Waals surface area (Å²) >= 11 is 1.72. The molecule has 0 saturated carbocycles. The normalized spacial score (nSPS) is 15.6. The predicted octanol–water partition coefficient (Wildman–Crippen LogP) is 2.79. The molecule has 4 heteroatoms. The van der Waals surface area contributed by atoms with Gasteiger partial charge in [-0.15, -0.1) is 11.3 Å². The summed E-state index contributed by atoms with van der Waals surface area (Å²) in [6.45, 7) is 2.27. The zero-order valence-corrected chi connectivity index (χ0v) is 10.9. The Bertz CT molecular complexity index is 425. The molecule has 0 atom stereocenters. The Labute approximate surface area is 105 Å². The van der Waals surface area contributed by atoms with E-state index in [0.717, 1.165) is 24.9 Å². The highest BCUT2D eigenvalue weighted by atomic mass is 32.1. The number of anilines is 1. The van der Waals surface area contributed by atoms with Crippen LogP contribution >= 0.6 is 11.3 Å². The molecule has 1 aromatic rings. The molecule has 0 saturated heterocycles. The molecule has 0 N–H and O–H groups in total. The zero-order valence-electron chi connectivity index (χ0n) is 10.1. The van der Waals surface area contributed by atoms with Gasteiger partial charge in [0, 0.05) is 24.3 Å². The van der Waals surface area contributed by atoms with Gasteiger partial charge in [0.15, 0.2) is 0 Å². The Morgan fingerprint density at radius 3 is 3.06 bits per heavy atom. The Balaban J connectivity index is 2.08. The summed E-state index contributed by atoms with van der Waals surface area (Å²) in [4.78, 5) is 26.1. The zero-order chi connectivity index (χ0) is 12.3. The van der Waals surface area contributed by atoms with E-state index in [1.807, 2.05) is 16.3 Å². The number of rotatable bonds is 4. The van der Waals surface area contributed by atoms with E-state index in [2.05, 4.69) is 0 Å². The molecule has 0 fully saturated rings. The second kappa shape index (κ2) is 5.45. The molecule has 3 nitrogen and oxygen atoms in total. The highest BCUT2D eigenvalue weighted by molar-refractivity contribution is 7.10. The highest BCUT2D eigenvalue weighted by Gasteiger charge is 2.22. The van der Waals surface area contributed by atoms with Gasteiger partial charge in [0.05, 0.1) is 5.69 Å². The lowest BCUT2D eigenvalue weighted by molar-refractivity contribution is -0.119. The van der Waals surface area contributed by atoms with Crippen molar-refractivity contribution in [2.75, 3.05) is 11.4 Å². The first kappa shape index (κ1) is 12.3. The number of amides is 1. The van der Waals surface area contributed by atoms with Gasteiger partial charge < -0.3 is 9.69 Å². The number of fused-ring (bicyclic) bond motifs is 1. The minimum atomic E-state index is 0.192. The van der Waals surface area contributed by atoms with Crippen LogP contribution in [0.2, 0.25) is 0 Å². The van der Waals surface area contributed by atoms with Crippen molar-refractivity contribution < 1.29 is 9.59 Å². The molecule has 1 amide bonds. The van der Waals surface area contributed by atoms with Crippen LogP contribution in [0.5, 0.6) is 0 Å². The lowest BCUT2D eigenvalue weighted by Gasteiger charge is -2.20. The summed E-state index contributed by atoms with van der Waals surface area (Å²) in [7, 11) is 0. The molecule has 0 bridgehead atoms. The van der Waals surface area contributed by atoms with Crippen LogP contribution in [0.1, 0.15) is 37.5 Å². The van der Waals surface area contributed by atoms with Crippen LogP contribution in [-0.4, -0.2) is 18.2 Å². The largest absolute Gasteiger partial charge is 0.311 e. The molecule has 1 aliphatic rings. The lowest BCUT2D eigenvalue weighted by atomic mass is 10.2. The van der Waals surface area contributed by atoms with Crippen LogP contribution in [0.4, 0.5) is 5.69 Å². The summed E-state index contributed by atoms with van der Waals surface area (Å²) in [5, 5.41) is 2.04. The Morgan fingerprint density at radius 1 is 1.47 bits per heavy atom. The van der Waals surface area contributed by atoms with Gasteiger partial charge in [-0.05, 0) is 37.6 Å². The number of hydrogen-bond acceptors (Lipinski definition) is 3. The Hall–Kier alpha value is -1.16. The predicted molar refractivity (Wildman–Crippen MR) is 69.5 cm³/mol. The first-order valence-corrected chi connectivity index (χ1v) is 6.92. The molecule has 17 heavy (non-hydrogen) atoms. The molecule has 1 aromatic heterocycles. The molecule has 0 spiro atoms. The van der Waals surface area contributed by atoms with E-state index in [1.165, 1.54) is 4.88 Å². The van der Waals surface area contributed by atoms with Crippen LogP contribution in [0.25, 0.3) is 0 Å². The van der Waals surface area contributed by atoms with E-state index in [1.54, 1.807) is 18.3 Å². The van der Waals surface area contributed by atoms with E-state index >= 15 is 0 Å². The molecule has 0 aliphatic carbocycles. The van der Waals surface area contributed by atoms with Gasteiger partial charge >= 0.3 is 0 Å². The molecule has 2 rings (SSSR count). The molecular formula is C13H17NO2S. The fourth-order valence-electron chi connectivity index (χ4n) is 2.16. The highest BCUT2D eigenvalue weighted by Crippen LogP contribution is 2.31.